The average molecular weight is 465 g/mol. The van der Waals surface area contributed by atoms with Crippen LogP contribution in [0.3, 0.4) is 0 Å². The summed E-state index contributed by atoms with van der Waals surface area (Å²) in [5, 5.41) is 0. The van der Waals surface area contributed by atoms with Crippen LogP contribution in [0.2, 0.25) is 0 Å². The lowest BCUT2D eigenvalue weighted by Crippen LogP contribution is -2.14. The summed E-state index contributed by atoms with van der Waals surface area (Å²) in [6.07, 6.45) is 10.5. The van der Waals surface area contributed by atoms with Gasteiger partial charge in [0.2, 0.25) is 0 Å². The molecule has 0 aromatic carbocycles. The van der Waals surface area contributed by atoms with Crippen LogP contribution in [0.4, 0.5) is 0 Å². The highest BCUT2D eigenvalue weighted by atomic mass is 16.6. The zero-order valence-electron chi connectivity index (χ0n) is 20.6. The first-order chi connectivity index (χ1) is 15.8. The molecule has 0 aromatic heterocycles. The molecule has 0 aliphatic rings. The van der Waals surface area contributed by atoms with Gasteiger partial charge in [0.25, 0.3) is 0 Å². The Morgan fingerprint density at radius 3 is 1.12 bits per heavy atom. The van der Waals surface area contributed by atoms with Crippen molar-refractivity contribution in [2.24, 2.45) is 0 Å². The minimum Gasteiger partial charge on any atom is -0.463 e. The quantitative estimate of drug-likeness (QED) is 0.134. The Morgan fingerprint density at radius 2 is 0.750 bits per heavy atom. The molecule has 0 aliphatic heterocycles. The molecule has 0 atom stereocenters. The molecule has 0 bridgehead atoms. The standard InChI is InChI=1S/C24H48O8/c1-3-4-5-6-7-8-9-10-11-26-12-13-27-14-15-28-16-17-29-18-19-30-20-21-31-22-23-32-24(2)25/h3-23H2,1-2H3. The van der Waals surface area contributed by atoms with Crippen LogP contribution in [-0.4, -0.2) is 91.9 Å². The van der Waals surface area contributed by atoms with Crippen LogP contribution < -0.4 is 0 Å². The van der Waals surface area contributed by atoms with Crippen LogP contribution in [0.5, 0.6) is 0 Å². The zero-order valence-corrected chi connectivity index (χ0v) is 20.6. The largest absolute Gasteiger partial charge is 0.463 e. The number of unbranched alkanes of at least 4 members (excludes halogenated alkanes) is 7. The fourth-order valence-corrected chi connectivity index (χ4v) is 2.78. The molecular weight excluding hydrogens is 416 g/mol. The highest BCUT2D eigenvalue weighted by Gasteiger charge is 1.96. The fourth-order valence-electron chi connectivity index (χ4n) is 2.78. The van der Waals surface area contributed by atoms with Gasteiger partial charge in [-0.25, -0.2) is 0 Å². The molecule has 0 saturated heterocycles. The lowest BCUT2D eigenvalue weighted by Gasteiger charge is -2.08. The van der Waals surface area contributed by atoms with Crippen molar-refractivity contribution in [3.05, 3.63) is 0 Å². The van der Waals surface area contributed by atoms with E-state index in [4.69, 9.17) is 33.2 Å². The van der Waals surface area contributed by atoms with Gasteiger partial charge in [-0.15, -0.1) is 0 Å². The third-order valence-corrected chi connectivity index (χ3v) is 4.54. The lowest BCUT2D eigenvalue weighted by atomic mass is 10.1. The molecule has 0 saturated carbocycles. The number of ether oxygens (including phenoxy) is 7. The van der Waals surface area contributed by atoms with Gasteiger partial charge in [0, 0.05) is 13.5 Å². The van der Waals surface area contributed by atoms with Crippen molar-refractivity contribution in [2.45, 2.75) is 65.2 Å². The maximum Gasteiger partial charge on any atom is 0.302 e. The van der Waals surface area contributed by atoms with E-state index in [1.54, 1.807) is 0 Å². The second kappa shape index (κ2) is 28.3. The van der Waals surface area contributed by atoms with Crippen molar-refractivity contribution in [3.63, 3.8) is 0 Å². The summed E-state index contributed by atoms with van der Waals surface area (Å²) >= 11 is 0. The van der Waals surface area contributed by atoms with Gasteiger partial charge >= 0.3 is 5.97 Å². The van der Waals surface area contributed by atoms with Crippen LogP contribution in [0.25, 0.3) is 0 Å². The van der Waals surface area contributed by atoms with Crippen molar-refractivity contribution < 1.29 is 38.0 Å². The number of hydrogen-bond donors (Lipinski definition) is 0. The Morgan fingerprint density at radius 1 is 0.438 bits per heavy atom. The molecule has 0 heterocycles. The Kier molecular flexibility index (Phi) is 27.6. The zero-order chi connectivity index (χ0) is 23.4. The van der Waals surface area contributed by atoms with Gasteiger partial charge in [0.05, 0.1) is 72.7 Å². The molecule has 0 fully saturated rings. The predicted octanol–water partition coefficient (Wildman–Crippen LogP) is 3.79. The molecule has 0 N–H and O–H groups in total. The van der Waals surface area contributed by atoms with Gasteiger partial charge in [0.15, 0.2) is 0 Å². The molecule has 0 amide bonds. The van der Waals surface area contributed by atoms with E-state index in [9.17, 15) is 4.79 Å². The summed E-state index contributed by atoms with van der Waals surface area (Å²) in [5.74, 6) is -0.298. The Bertz CT molecular complexity index is 368. The number of carbonyl (C=O) groups excluding carboxylic acids is 1. The normalized spacial score (nSPS) is 11.2. The van der Waals surface area contributed by atoms with Crippen molar-refractivity contribution in [3.8, 4) is 0 Å². The summed E-state index contributed by atoms with van der Waals surface area (Å²) in [6, 6.07) is 0. The molecule has 32 heavy (non-hydrogen) atoms. The number of carbonyl (C=O) groups is 1. The van der Waals surface area contributed by atoms with E-state index in [-0.39, 0.29) is 12.6 Å². The van der Waals surface area contributed by atoms with Crippen molar-refractivity contribution >= 4 is 5.97 Å². The van der Waals surface area contributed by atoms with E-state index < -0.39 is 0 Å². The van der Waals surface area contributed by atoms with Crippen LogP contribution in [0.1, 0.15) is 65.2 Å². The highest BCUT2D eigenvalue weighted by Crippen LogP contribution is 2.08. The first-order valence-electron chi connectivity index (χ1n) is 12.4. The molecular formula is C24H48O8. The van der Waals surface area contributed by atoms with E-state index >= 15 is 0 Å². The van der Waals surface area contributed by atoms with Crippen LogP contribution in [0, 0.1) is 0 Å². The second-order valence-electron chi connectivity index (χ2n) is 7.49. The van der Waals surface area contributed by atoms with Crippen molar-refractivity contribution in [1.29, 1.82) is 0 Å². The van der Waals surface area contributed by atoms with E-state index in [0.717, 1.165) is 13.0 Å². The molecule has 0 spiro atoms. The molecule has 0 unspecified atom stereocenters. The Labute approximate surface area is 195 Å². The SMILES string of the molecule is CCCCCCCCCCOCCOCCOCCOCCOCCOCCOC(C)=O. The summed E-state index contributed by atoms with van der Waals surface area (Å²) in [5.41, 5.74) is 0. The number of rotatable bonds is 27. The molecule has 0 aliphatic carbocycles. The Balaban J connectivity index is 3.00. The number of hydrogen-bond acceptors (Lipinski definition) is 8. The molecule has 8 heteroatoms. The maximum atomic E-state index is 10.5. The lowest BCUT2D eigenvalue weighted by molar-refractivity contribution is -0.142. The van der Waals surface area contributed by atoms with Gasteiger partial charge in [-0.2, -0.15) is 0 Å². The minimum atomic E-state index is -0.298. The topological polar surface area (TPSA) is 81.7 Å². The van der Waals surface area contributed by atoms with Gasteiger partial charge < -0.3 is 33.2 Å². The smallest absolute Gasteiger partial charge is 0.302 e. The molecule has 0 aromatic rings. The summed E-state index contributed by atoms with van der Waals surface area (Å²) in [4.78, 5) is 10.5. The minimum absolute atomic E-state index is 0.274. The van der Waals surface area contributed by atoms with Crippen LogP contribution >= 0.6 is 0 Å². The average Bonchev–Trinajstić information content (AvgIpc) is 2.78. The third kappa shape index (κ3) is 29.2. The van der Waals surface area contributed by atoms with E-state index in [1.807, 2.05) is 0 Å². The van der Waals surface area contributed by atoms with Gasteiger partial charge in [-0.1, -0.05) is 51.9 Å². The van der Waals surface area contributed by atoms with Gasteiger partial charge in [-0.05, 0) is 6.42 Å². The molecule has 0 radical (unpaired) electrons. The van der Waals surface area contributed by atoms with Crippen LogP contribution in [0.15, 0.2) is 0 Å². The van der Waals surface area contributed by atoms with E-state index in [2.05, 4.69) is 6.92 Å². The summed E-state index contributed by atoms with van der Waals surface area (Å²) in [6.45, 7) is 10.6. The molecule has 192 valence electrons. The molecule has 0 rings (SSSR count). The second-order valence-corrected chi connectivity index (χ2v) is 7.49. The predicted molar refractivity (Wildman–Crippen MR) is 124 cm³/mol. The van der Waals surface area contributed by atoms with Crippen molar-refractivity contribution in [1.82, 2.24) is 0 Å². The highest BCUT2D eigenvalue weighted by molar-refractivity contribution is 5.65. The fraction of sp³-hybridized carbons (Fsp3) is 0.958. The van der Waals surface area contributed by atoms with Gasteiger partial charge in [-0.3, -0.25) is 4.79 Å². The monoisotopic (exact) mass is 464 g/mol. The Hall–Kier alpha value is -0.770. The van der Waals surface area contributed by atoms with Crippen molar-refractivity contribution in [2.75, 3.05) is 85.9 Å². The first kappa shape index (κ1) is 31.2. The van der Waals surface area contributed by atoms with Gasteiger partial charge in [0.1, 0.15) is 6.61 Å². The first-order valence-corrected chi connectivity index (χ1v) is 12.4. The third-order valence-electron chi connectivity index (χ3n) is 4.54. The summed E-state index contributed by atoms with van der Waals surface area (Å²) < 4.78 is 37.3. The summed E-state index contributed by atoms with van der Waals surface area (Å²) in [7, 11) is 0. The van der Waals surface area contributed by atoms with Crippen LogP contribution in [-0.2, 0) is 38.0 Å². The maximum absolute atomic E-state index is 10.5. The van der Waals surface area contributed by atoms with E-state index in [0.29, 0.717) is 72.7 Å². The van der Waals surface area contributed by atoms with E-state index in [1.165, 1.54) is 51.9 Å². The number of esters is 1. The molecule has 8 nitrogen and oxygen atoms in total.